The number of fused-ring (bicyclic) bond motifs is 1. The van der Waals surface area contributed by atoms with Crippen LogP contribution in [0.4, 0.5) is 5.69 Å². The summed E-state index contributed by atoms with van der Waals surface area (Å²) in [5.41, 5.74) is 2.86. The Labute approximate surface area is 184 Å². The van der Waals surface area contributed by atoms with Crippen LogP contribution >= 0.6 is 0 Å². The number of ether oxygens (including phenoxy) is 2. The maximum absolute atomic E-state index is 12.9. The number of aryl methyl sites for hydroxylation is 1. The molecule has 0 radical (unpaired) electrons. The van der Waals surface area contributed by atoms with Gasteiger partial charge in [-0.1, -0.05) is 13.0 Å². The van der Waals surface area contributed by atoms with Crippen LogP contribution in [-0.4, -0.2) is 40.8 Å². The molecule has 1 aliphatic carbocycles. The van der Waals surface area contributed by atoms with Crippen LogP contribution in [0, 0.1) is 0 Å². The molecular weight excluding hydrogens is 416 g/mol. The standard InChI is InChI=1S/C23H30N2O5S/c1-5-22(30-18-11-9-17(10-12-18)25(2)31(4,27)28)23(26)24-21-8-6-7-16-15-19(29-3)13-14-20(16)21/h9-15,21-22H,5-8H2,1-4H3,(H,24,26)/t21-,22+/m0/s1. The highest BCUT2D eigenvalue weighted by Crippen LogP contribution is 2.32. The summed E-state index contributed by atoms with van der Waals surface area (Å²) in [5.74, 6) is 1.18. The van der Waals surface area contributed by atoms with Crippen LogP contribution in [0.15, 0.2) is 42.5 Å². The van der Waals surface area contributed by atoms with Gasteiger partial charge in [-0.2, -0.15) is 0 Å². The largest absolute Gasteiger partial charge is 0.497 e. The van der Waals surface area contributed by atoms with Gasteiger partial charge in [0.05, 0.1) is 25.1 Å². The monoisotopic (exact) mass is 446 g/mol. The quantitative estimate of drug-likeness (QED) is 0.671. The minimum Gasteiger partial charge on any atom is -0.497 e. The fraction of sp³-hybridized carbons (Fsp3) is 0.435. The van der Waals surface area contributed by atoms with Crippen LogP contribution in [0.3, 0.4) is 0 Å². The predicted molar refractivity (Wildman–Crippen MR) is 121 cm³/mol. The summed E-state index contributed by atoms with van der Waals surface area (Å²) in [6, 6.07) is 12.6. The van der Waals surface area contributed by atoms with Crippen molar-refractivity contribution >= 4 is 21.6 Å². The van der Waals surface area contributed by atoms with Gasteiger partial charge in [-0.05, 0) is 73.2 Å². The Morgan fingerprint density at radius 3 is 2.48 bits per heavy atom. The van der Waals surface area contributed by atoms with Crippen LogP contribution in [0.1, 0.15) is 43.4 Å². The van der Waals surface area contributed by atoms with Gasteiger partial charge in [-0.25, -0.2) is 8.42 Å². The molecule has 31 heavy (non-hydrogen) atoms. The summed E-state index contributed by atoms with van der Waals surface area (Å²) in [4.78, 5) is 12.9. The molecule has 0 fully saturated rings. The van der Waals surface area contributed by atoms with Crippen LogP contribution in [0.25, 0.3) is 0 Å². The van der Waals surface area contributed by atoms with E-state index in [1.165, 1.54) is 16.9 Å². The molecule has 2 aromatic rings. The topological polar surface area (TPSA) is 84.9 Å². The minimum atomic E-state index is -3.33. The smallest absolute Gasteiger partial charge is 0.261 e. The summed E-state index contributed by atoms with van der Waals surface area (Å²) < 4.78 is 35.8. The lowest BCUT2D eigenvalue weighted by atomic mass is 9.87. The van der Waals surface area contributed by atoms with Crippen molar-refractivity contribution in [2.75, 3.05) is 24.7 Å². The van der Waals surface area contributed by atoms with Crippen molar-refractivity contribution in [3.05, 3.63) is 53.6 Å². The van der Waals surface area contributed by atoms with E-state index in [-0.39, 0.29) is 11.9 Å². The number of anilines is 1. The average Bonchev–Trinajstić information content (AvgIpc) is 2.76. The van der Waals surface area contributed by atoms with Crippen molar-refractivity contribution in [1.82, 2.24) is 5.32 Å². The Bertz CT molecular complexity index is 1020. The molecule has 8 heteroatoms. The van der Waals surface area contributed by atoms with Crippen molar-refractivity contribution in [2.24, 2.45) is 0 Å². The molecule has 0 saturated carbocycles. The van der Waals surface area contributed by atoms with E-state index in [9.17, 15) is 13.2 Å². The van der Waals surface area contributed by atoms with Crippen LogP contribution in [0.2, 0.25) is 0 Å². The fourth-order valence-corrected chi connectivity index (χ4v) is 4.25. The number of amides is 1. The molecule has 0 bridgehead atoms. The Balaban J connectivity index is 1.68. The lowest BCUT2D eigenvalue weighted by molar-refractivity contribution is -0.129. The molecule has 0 spiro atoms. The van der Waals surface area contributed by atoms with Gasteiger partial charge in [0.2, 0.25) is 10.0 Å². The number of carbonyl (C=O) groups is 1. The highest BCUT2D eigenvalue weighted by molar-refractivity contribution is 7.92. The summed E-state index contributed by atoms with van der Waals surface area (Å²) in [5, 5.41) is 3.14. The van der Waals surface area contributed by atoms with Crippen LogP contribution in [-0.2, 0) is 21.2 Å². The van der Waals surface area contributed by atoms with Crippen molar-refractivity contribution in [1.29, 1.82) is 0 Å². The SMILES string of the molecule is CC[C@@H](Oc1ccc(N(C)S(C)(=O)=O)cc1)C(=O)N[C@H]1CCCc2cc(OC)ccc21. The summed E-state index contributed by atoms with van der Waals surface area (Å²) in [7, 11) is -0.192. The molecular formula is C23H30N2O5S. The summed E-state index contributed by atoms with van der Waals surface area (Å²) in [6.45, 7) is 1.90. The summed E-state index contributed by atoms with van der Waals surface area (Å²) in [6.07, 6.45) is 3.88. The molecule has 0 unspecified atom stereocenters. The number of hydrogen-bond acceptors (Lipinski definition) is 5. The first-order valence-corrected chi connectivity index (χ1v) is 12.3. The zero-order valence-corrected chi connectivity index (χ0v) is 19.2. The van der Waals surface area contributed by atoms with E-state index in [1.54, 1.807) is 31.4 Å². The number of rotatable bonds is 8. The third-order valence-corrected chi connectivity index (χ3v) is 6.83. The number of benzene rings is 2. The van der Waals surface area contributed by atoms with Crippen molar-refractivity contribution < 1.29 is 22.7 Å². The maximum Gasteiger partial charge on any atom is 0.261 e. The number of sulfonamides is 1. The normalized spacial score (nSPS) is 16.7. The molecule has 0 saturated heterocycles. The van der Waals surface area contributed by atoms with E-state index in [4.69, 9.17) is 9.47 Å². The highest BCUT2D eigenvalue weighted by Gasteiger charge is 2.26. The molecule has 7 nitrogen and oxygen atoms in total. The number of hydrogen-bond donors (Lipinski definition) is 1. The van der Waals surface area contributed by atoms with E-state index in [0.29, 0.717) is 17.9 Å². The van der Waals surface area contributed by atoms with Crippen molar-refractivity contribution in [3.8, 4) is 11.5 Å². The maximum atomic E-state index is 12.9. The highest BCUT2D eigenvalue weighted by atomic mass is 32.2. The summed E-state index contributed by atoms with van der Waals surface area (Å²) >= 11 is 0. The van der Waals surface area contributed by atoms with Gasteiger partial charge in [0.25, 0.3) is 5.91 Å². The molecule has 0 aromatic heterocycles. The Hall–Kier alpha value is -2.74. The lowest BCUT2D eigenvalue weighted by Crippen LogP contribution is -2.41. The number of nitrogens with one attached hydrogen (secondary N) is 1. The predicted octanol–water partition coefficient (Wildman–Crippen LogP) is 3.44. The first kappa shape index (κ1) is 22.9. The van der Waals surface area contributed by atoms with E-state index >= 15 is 0 Å². The van der Waals surface area contributed by atoms with Gasteiger partial charge >= 0.3 is 0 Å². The fourth-order valence-electron chi connectivity index (χ4n) is 3.74. The molecule has 1 amide bonds. The van der Waals surface area contributed by atoms with Gasteiger partial charge in [0.1, 0.15) is 11.5 Å². The third-order valence-electron chi connectivity index (χ3n) is 5.62. The first-order valence-electron chi connectivity index (χ1n) is 10.4. The zero-order chi connectivity index (χ0) is 22.6. The average molecular weight is 447 g/mol. The first-order chi connectivity index (χ1) is 14.7. The van der Waals surface area contributed by atoms with E-state index < -0.39 is 16.1 Å². The van der Waals surface area contributed by atoms with Gasteiger partial charge in [0, 0.05) is 7.05 Å². The minimum absolute atomic E-state index is 0.0504. The molecule has 2 aromatic carbocycles. The van der Waals surface area contributed by atoms with Crippen LogP contribution in [0.5, 0.6) is 11.5 Å². The van der Waals surface area contributed by atoms with E-state index in [1.807, 2.05) is 25.1 Å². The van der Waals surface area contributed by atoms with Gasteiger partial charge in [0.15, 0.2) is 6.10 Å². The van der Waals surface area contributed by atoms with Gasteiger partial charge < -0.3 is 14.8 Å². The molecule has 0 heterocycles. The molecule has 168 valence electrons. The number of methoxy groups -OCH3 is 1. The molecule has 0 aliphatic heterocycles. The Morgan fingerprint density at radius 1 is 1.19 bits per heavy atom. The second-order valence-corrected chi connectivity index (χ2v) is 9.77. The number of carbonyl (C=O) groups excluding carboxylic acids is 1. The third kappa shape index (κ3) is 5.50. The molecule has 1 N–H and O–H groups in total. The van der Waals surface area contributed by atoms with E-state index in [2.05, 4.69) is 5.32 Å². The van der Waals surface area contributed by atoms with Gasteiger partial charge in [-0.3, -0.25) is 9.10 Å². The Morgan fingerprint density at radius 2 is 1.87 bits per heavy atom. The molecule has 1 aliphatic rings. The second kappa shape index (κ2) is 9.60. The molecule has 2 atom stereocenters. The van der Waals surface area contributed by atoms with Gasteiger partial charge in [-0.15, -0.1) is 0 Å². The number of nitrogens with zero attached hydrogens (tertiary/aromatic N) is 1. The molecule has 3 rings (SSSR count). The zero-order valence-electron chi connectivity index (χ0n) is 18.4. The van der Waals surface area contributed by atoms with Crippen molar-refractivity contribution in [2.45, 2.75) is 44.8 Å². The second-order valence-electron chi connectivity index (χ2n) is 7.76. The van der Waals surface area contributed by atoms with Crippen LogP contribution < -0.4 is 19.1 Å². The van der Waals surface area contributed by atoms with E-state index in [0.717, 1.165) is 36.8 Å². The van der Waals surface area contributed by atoms with Crippen molar-refractivity contribution in [3.63, 3.8) is 0 Å². The Kier molecular flexibility index (Phi) is 7.10. The lowest BCUT2D eigenvalue weighted by Gasteiger charge is -2.28.